The van der Waals surface area contributed by atoms with Gasteiger partial charge in [-0.3, -0.25) is 14.7 Å². The Bertz CT molecular complexity index is 1040. The van der Waals surface area contributed by atoms with Crippen LogP contribution in [0.4, 0.5) is 0 Å². The fourth-order valence-electron chi connectivity index (χ4n) is 3.33. The predicted molar refractivity (Wildman–Crippen MR) is 94.9 cm³/mol. The molecule has 0 spiro atoms. The molecule has 6 nitrogen and oxygen atoms in total. The van der Waals surface area contributed by atoms with E-state index in [1.807, 2.05) is 36.4 Å². The minimum atomic E-state index is -0.415. The van der Waals surface area contributed by atoms with Crippen molar-refractivity contribution < 1.29 is 4.79 Å². The van der Waals surface area contributed by atoms with Crippen molar-refractivity contribution in [2.24, 2.45) is 0 Å². The summed E-state index contributed by atoms with van der Waals surface area (Å²) in [5, 5.41) is 3.15. The van der Waals surface area contributed by atoms with Crippen LogP contribution in [0.3, 0.4) is 0 Å². The van der Waals surface area contributed by atoms with Gasteiger partial charge in [-0.15, -0.1) is 0 Å². The molecule has 1 amide bonds. The molecule has 1 atom stereocenters. The van der Waals surface area contributed by atoms with E-state index in [0.29, 0.717) is 11.2 Å². The van der Waals surface area contributed by atoms with E-state index in [4.69, 9.17) is 0 Å². The molecule has 0 unspecified atom stereocenters. The third-order valence-corrected chi connectivity index (χ3v) is 4.76. The van der Waals surface area contributed by atoms with E-state index in [1.165, 1.54) is 4.52 Å². The minimum absolute atomic E-state index is 0.149. The van der Waals surface area contributed by atoms with Crippen molar-refractivity contribution >= 4 is 11.6 Å². The zero-order chi connectivity index (χ0) is 17.9. The molecule has 0 radical (unpaired) electrons. The summed E-state index contributed by atoms with van der Waals surface area (Å²) in [5.41, 5.74) is 2.59. The second-order valence-electron chi connectivity index (χ2n) is 7.52. The van der Waals surface area contributed by atoms with Crippen molar-refractivity contribution in [3.63, 3.8) is 0 Å². The van der Waals surface area contributed by atoms with Crippen LogP contribution in [0.1, 0.15) is 54.1 Å². The molecule has 0 saturated carbocycles. The number of aromatic nitrogens is 3. The Morgan fingerprint density at radius 3 is 2.44 bits per heavy atom. The molecule has 3 heterocycles. The number of benzene rings is 1. The Labute approximate surface area is 145 Å². The van der Waals surface area contributed by atoms with Crippen LogP contribution in [-0.2, 0) is 5.41 Å². The van der Waals surface area contributed by atoms with Crippen LogP contribution in [0.2, 0.25) is 0 Å². The minimum Gasteiger partial charge on any atom is -0.329 e. The third kappa shape index (κ3) is 2.21. The third-order valence-electron chi connectivity index (χ3n) is 4.76. The van der Waals surface area contributed by atoms with Gasteiger partial charge in [0.1, 0.15) is 5.69 Å². The SMILES string of the molecule is CN1C(=O)c2nc3cc(C(C)(C)C)[nH]n3c(=O)c2[C@H]1c1ccccc1. The van der Waals surface area contributed by atoms with Gasteiger partial charge in [-0.1, -0.05) is 51.1 Å². The van der Waals surface area contributed by atoms with Crippen LogP contribution in [-0.4, -0.2) is 32.5 Å². The number of nitrogens with one attached hydrogen (secondary N) is 1. The molecule has 3 aromatic rings. The monoisotopic (exact) mass is 336 g/mol. The summed E-state index contributed by atoms with van der Waals surface area (Å²) in [7, 11) is 1.71. The summed E-state index contributed by atoms with van der Waals surface area (Å²) in [4.78, 5) is 31.9. The summed E-state index contributed by atoms with van der Waals surface area (Å²) in [6.07, 6.45) is 0. The second kappa shape index (κ2) is 5.05. The maximum Gasteiger partial charge on any atom is 0.279 e. The van der Waals surface area contributed by atoms with Gasteiger partial charge in [-0.2, -0.15) is 0 Å². The van der Waals surface area contributed by atoms with Crippen LogP contribution in [0, 0.1) is 0 Å². The van der Waals surface area contributed by atoms with E-state index in [0.717, 1.165) is 11.3 Å². The molecule has 2 aromatic heterocycles. The Balaban J connectivity index is 2.00. The number of carbonyl (C=O) groups excluding carboxylic acids is 1. The smallest absolute Gasteiger partial charge is 0.279 e. The lowest BCUT2D eigenvalue weighted by Crippen LogP contribution is -2.27. The summed E-state index contributed by atoms with van der Waals surface area (Å²) in [5.74, 6) is -0.220. The zero-order valence-electron chi connectivity index (χ0n) is 14.7. The van der Waals surface area contributed by atoms with Crippen LogP contribution in [0.15, 0.2) is 41.2 Å². The number of aromatic amines is 1. The van der Waals surface area contributed by atoms with Gasteiger partial charge in [-0.25, -0.2) is 9.50 Å². The number of amides is 1. The Kier molecular flexibility index (Phi) is 3.16. The summed E-state index contributed by atoms with van der Waals surface area (Å²) in [6, 6.07) is 11.0. The molecule has 4 rings (SSSR count). The molecule has 0 fully saturated rings. The normalized spacial score (nSPS) is 17.4. The lowest BCUT2D eigenvalue weighted by Gasteiger charge is -2.20. The van der Waals surface area contributed by atoms with Gasteiger partial charge < -0.3 is 4.90 Å². The number of nitrogens with zero attached hydrogens (tertiary/aromatic N) is 3. The van der Waals surface area contributed by atoms with Gasteiger partial charge in [0, 0.05) is 24.2 Å². The summed E-state index contributed by atoms with van der Waals surface area (Å²) >= 11 is 0. The topological polar surface area (TPSA) is 70.5 Å². The van der Waals surface area contributed by atoms with Crippen molar-refractivity contribution in [1.29, 1.82) is 0 Å². The highest BCUT2D eigenvalue weighted by molar-refractivity contribution is 5.98. The molecule has 1 N–H and O–H groups in total. The standard InChI is InChI=1S/C19H20N4O2/c1-19(2,3)12-10-13-20-15-14(17(24)23(13)21-12)16(22(4)18(15)25)11-8-6-5-7-9-11/h5-10,16,21H,1-4H3/t16-/m1/s1. The molecule has 0 bridgehead atoms. The maximum absolute atomic E-state index is 13.1. The lowest BCUT2D eigenvalue weighted by atomic mass is 9.93. The fourth-order valence-corrected chi connectivity index (χ4v) is 3.33. The highest BCUT2D eigenvalue weighted by atomic mass is 16.2. The molecule has 25 heavy (non-hydrogen) atoms. The van der Waals surface area contributed by atoms with Crippen molar-refractivity contribution in [2.45, 2.75) is 32.2 Å². The van der Waals surface area contributed by atoms with E-state index in [2.05, 4.69) is 30.9 Å². The molecular formula is C19H20N4O2. The molecule has 1 aliphatic heterocycles. The molecule has 1 aliphatic rings. The molecule has 6 heteroatoms. The number of H-pyrrole nitrogens is 1. The number of hydrogen-bond donors (Lipinski definition) is 1. The summed E-state index contributed by atoms with van der Waals surface area (Å²) in [6.45, 7) is 6.17. The highest BCUT2D eigenvalue weighted by Crippen LogP contribution is 2.34. The molecular weight excluding hydrogens is 316 g/mol. The molecule has 128 valence electrons. The maximum atomic E-state index is 13.1. The summed E-state index contributed by atoms with van der Waals surface area (Å²) < 4.78 is 1.45. The first-order chi connectivity index (χ1) is 11.8. The van der Waals surface area contributed by atoms with Crippen molar-refractivity contribution in [3.8, 4) is 0 Å². The van der Waals surface area contributed by atoms with E-state index in [1.54, 1.807) is 11.9 Å². The van der Waals surface area contributed by atoms with Crippen molar-refractivity contribution in [2.75, 3.05) is 7.05 Å². The van der Waals surface area contributed by atoms with Gasteiger partial charge >= 0.3 is 0 Å². The molecule has 0 aliphatic carbocycles. The molecule has 0 saturated heterocycles. The first-order valence-electron chi connectivity index (χ1n) is 8.27. The molecule has 1 aromatic carbocycles. The van der Waals surface area contributed by atoms with Gasteiger partial charge in [0.2, 0.25) is 0 Å². The van der Waals surface area contributed by atoms with Crippen LogP contribution in [0.5, 0.6) is 0 Å². The van der Waals surface area contributed by atoms with E-state index < -0.39 is 6.04 Å². The quantitative estimate of drug-likeness (QED) is 0.742. The van der Waals surface area contributed by atoms with Gasteiger partial charge in [0.05, 0.1) is 11.6 Å². The van der Waals surface area contributed by atoms with Crippen LogP contribution in [0.25, 0.3) is 5.65 Å². The number of fused-ring (bicyclic) bond motifs is 2. The first kappa shape index (κ1) is 15.6. The number of hydrogen-bond acceptors (Lipinski definition) is 3. The largest absolute Gasteiger partial charge is 0.329 e. The van der Waals surface area contributed by atoms with E-state index >= 15 is 0 Å². The number of carbonyl (C=O) groups is 1. The van der Waals surface area contributed by atoms with Crippen molar-refractivity contribution in [3.05, 3.63) is 69.3 Å². The van der Waals surface area contributed by atoms with Crippen molar-refractivity contribution in [1.82, 2.24) is 19.5 Å². The first-order valence-corrected chi connectivity index (χ1v) is 8.27. The van der Waals surface area contributed by atoms with Gasteiger partial charge in [0.25, 0.3) is 11.5 Å². The highest BCUT2D eigenvalue weighted by Gasteiger charge is 2.40. The predicted octanol–water partition coefficient (Wildman–Crippen LogP) is 2.50. The van der Waals surface area contributed by atoms with Crippen LogP contribution >= 0.6 is 0 Å². The number of rotatable bonds is 1. The zero-order valence-corrected chi connectivity index (χ0v) is 14.7. The van der Waals surface area contributed by atoms with E-state index in [-0.39, 0.29) is 22.6 Å². The van der Waals surface area contributed by atoms with Crippen LogP contribution < -0.4 is 5.56 Å². The Morgan fingerprint density at radius 1 is 1.12 bits per heavy atom. The van der Waals surface area contributed by atoms with Gasteiger partial charge in [-0.05, 0) is 5.56 Å². The van der Waals surface area contributed by atoms with Gasteiger partial charge in [0.15, 0.2) is 5.65 Å². The average Bonchev–Trinajstić information content (AvgIpc) is 3.11. The van der Waals surface area contributed by atoms with E-state index in [9.17, 15) is 9.59 Å². The lowest BCUT2D eigenvalue weighted by molar-refractivity contribution is 0.0789. The Hall–Kier alpha value is -2.89. The fraction of sp³-hybridized carbons (Fsp3) is 0.316. The Morgan fingerprint density at radius 2 is 1.80 bits per heavy atom. The average molecular weight is 336 g/mol. The second-order valence-corrected chi connectivity index (χ2v) is 7.52.